The van der Waals surface area contributed by atoms with Gasteiger partial charge in [-0.3, -0.25) is 0 Å². The van der Waals surface area contributed by atoms with E-state index in [4.69, 9.17) is 0 Å². The van der Waals surface area contributed by atoms with E-state index in [9.17, 15) is 18.1 Å². The maximum absolute atomic E-state index is 11.1. The van der Waals surface area contributed by atoms with Crippen molar-refractivity contribution in [2.24, 2.45) is 0 Å². The molecule has 0 fully saturated rings. The number of unbranched alkanes of at least 4 members (excludes halogenated alkanes) is 5. The van der Waals surface area contributed by atoms with E-state index >= 15 is 0 Å². The van der Waals surface area contributed by atoms with Crippen LogP contribution in [0.25, 0.3) is 0 Å². The van der Waals surface area contributed by atoms with Crippen molar-refractivity contribution in [2.75, 3.05) is 0 Å². The molecule has 0 aliphatic carbocycles. The largest absolute Gasteiger partial charge is 1.00 e. The molecule has 0 spiro atoms. The molecule has 4 nitrogen and oxygen atoms in total. The van der Waals surface area contributed by atoms with E-state index < -0.39 is 10.1 Å². The third-order valence-electron chi connectivity index (χ3n) is 3.16. The van der Waals surface area contributed by atoms with Gasteiger partial charge in [-0.05, 0) is 25.0 Å². The van der Waals surface area contributed by atoms with Gasteiger partial charge in [0.2, 0.25) is 0 Å². The molecule has 0 aromatic heterocycles. The number of phenols is 1. The summed E-state index contributed by atoms with van der Waals surface area (Å²) in [6.45, 7) is 2.15. The molecule has 1 rings (SSSR count). The average molecular weight is 308 g/mol. The van der Waals surface area contributed by atoms with Gasteiger partial charge in [0.1, 0.15) is 15.9 Å². The normalized spacial score (nSPS) is 11.1. The van der Waals surface area contributed by atoms with Gasteiger partial charge < -0.3 is 9.66 Å². The first-order valence-corrected chi connectivity index (χ1v) is 8.14. The van der Waals surface area contributed by atoms with Crippen LogP contribution in [0, 0.1) is 0 Å². The van der Waals surface area contributed by atoms with Gasteiger partial charge >= 0.3 is 29.6 Å². The zero-order valence-electron chi connectivity index (χ0n) is 12.3. The molecule has 0 aliphatic heterocycles. The predicted octanol–water partition coefficient (Wildman–Crippen LogP) is 0.203. The van der Waals surface area contributed by atoms with Crippen molar-refractivity contribution < 1.29 is 47.6 Å². The molecule has 1 N–H and O–H groups in total. The minimum Gasteiger partial charge on any atom is -0.744 e. The summed E-state index contributed by atoms with van der Waals surface area (Å²) in [5.74, 6) is -0.106. The molecule has 0 aliphatic rings. The summed E-state index contributed by atoms with van der Waals surface area (Å²) in [6, 6.07) is 4.06. The van der Waals surface area contributed by atoms with E-state index in [2.05, 4.69) is 6.92 Å². The van der Waals surface area contributed by atoms with Crippen LogP contribution >= 0.6 is 0 Å². The molecule has 0 radical (unpaired) electrons. The molecule has 0 atom stereocenters. The van der Waals surface area contributed by atoms with Gasteiger partial charge in [0.05, 0.1) is 4.90 Å². The minimum atomic E-state index is -4.52. The van der Waals surface area contributed by atoms with E-state index in [0.717, 1.165) is 19.3 Å². The van der Waals surface area contributed by atoms with E-state index in [1.54, 1.807) is 0 Å². The molecule has 0 unspecified atom stereocenters. The van der Waals surface area contributed by atoms with Crippen LogP contribution in [0.3, 0.4) is 0 Å². The second-order valence-electron chi connectivity index (χ2n) is 4.73. The summed E-state index contributed by atoms with van der Waals surface area (Å²) in [5, 5.41) is 9.69. The summed E-state index contributed by atoms with van der Waals surface area (Å²) >= 11 is 0. The Hall–Kier alpha value is -0.0700. The van der Waals surface area contributed by atoms with Crippen LogP contribution < -0.4 is 29.6 Å². The third-order valence-corrected chi connectivity index (χ3v) is 4.08. The number of benzene rings is 1. The summed E-state index contributed by atoms with van der Waals surface area (Å²) in [4.78, 5) is -0.291. The Bertz CT molecular complexity index is 500. The molecule has 0 heterocycles. The van der Waals surface area contributed by atoms with Crippen molar-refractivity contribution in [3.63, 3.8) is 0 Å². The Kier molecular flexibility index (Phi) is 9.76. The maximum Gasteiger partial charge on any atom is 1.00 e. The fraction of sp³-hybridized carbons (Fsp3) is 0.571. The molecule has 1 aromatic rings. The standard InChI is InChI=1S/C14H22O4S.Na/c1-2-3-4-5-6-7-9-12-13(15)10-8-11-14(12)19(16,17)18;/h8,10-11,15H,2-7,9H2,1H3,(H,16,17,18);/q;+1/p-1. The quantitative estimate of drug-likeness (QED) is 0.423. The molecule has 0 bridgehead atoms. The Balaban J connectivity index is 0.00000361. The first-order chi connectivity index (χ1) is 8.96. The average Bonchev–Trinajstić information content (AvgIpc) is 2.33. The van der Waals surface area contributed by atoms with Gasteiger partial charge in [-0.25, -0.2) is 8.42 Å². The van der Waals surface area contributed by atoms with Crippen molar-refractivity contribution in [3.8, 4) is 5.75 Å². The van der Waals surface area contributed by atoms with Gasteiger partial charge in [0.15, 0.2) is 0 Å². The summed E-state index contributed by atoms with van der Waals surface area (Å²) < 4.78 is 33.3. The second-order valence-corrected chi connectivity index (χ2v) is 6.07. The zero-order valence-corrected chi connectivity index (χ0v) is 15.1. The van der Waals surface area contributed by atoms with E-state index in [0.29, 0.717) is 6.42 Å². The second kappa shape index (κ2) is 9.79. The molecule has 0 saturated carbocycles. The van der Waals surface area contributed by atoms with Crippen molar-refractivity contribution >= 4 is 10.1 Å². The van der Waals surface area contributed by atoms with Crippen LogP contribution in [0.2, 0.25) is 0 Å². The van der Waals surface area contributed by atoms with Crippen LogP contribution in [-0.2, 0) is 16.5 Å². The number of rotatable bonds is 8. The Morgan fingerprint density at radius 3 is 2.30 bits per heavy atom. The molecule has 0 amide bonds. The van der Waals surface area contributed by atoms with Gasteiger partial charge in [0.25, 0.3) is 0 Å². The first-order valence-electron chi connectivity index (χ1n) is 6.73. The topological polar surface area (TPSA) is 77.4 Å². The Morgan fingerprint density at radius 1 is 1.10 bits per heavy atom. The van der Waals surface area contributed by atoms with Crippen molar-refractivity contribution in [2.45, 2.75) is 56.8 Å². The molecular formula is C14H21NaO4S. The van der Waals surface area contributed by atoms with Gasteiger partial charge in [-0.15, -0.1) is 0 Å². The van der Waals surface area contributed by atoms with E-state index in [-0.39, 0.29) is 45.8 Å². The van der Waals surface area contributed by atoms with Gasteiger partial charge in [-0.1, -0.05) is 45.1 Å². The Labute approximate surface area is 143 Å². The van der Waals surface area contributed by atoms with Gasteiger partial charge in [-0.2, -0.15) is 0 Å². The van der Waals surface area contributed by atoms with Crippen molar-refractivity contribution in [1.82, 2.24) is 0 Å². The fourth-order valence-electron chi connectivity index (χ4n) is 2.12. The smallest absolute Gasteiger partial charge is 0.744 e. The molecule has 6 heteroatoms. The van der Waals surface area contributed by atoms with Crippen LogP contribution in [0.4, 0.5) is 0 Å². The molecule has 1 aromatic carbocycles. The van der Waals surface area contributed by atoms with Crippen molar-refractivity contribution in [3.05, 3.63) is 23.8 Å². The molecule has 20 heavy (non-hydrogen) atoms. The fourth-order valence-corrected chi connectivity index (χ4v) is 2.88. The van der Waals surface area contributed by atoms with E-state index in [1.807, 2.05) is 0 Å². The first kappa shape index (κ1) is 19.9. The number of hydrogen-bond acceptors (Lipinski definition) is 4. The van der Waals surface area contributed by atoms with Crippen molar-refractivity contribution in [1.29, 1.82) is 0 Å². The zero-order chi connectivity index (χ0) is 14.3. The monoisotopic (exact) mass is 308 g/mol. The Morgan fingerprint density at radius 2 is 1.70 bits per heavy atom. The van der Waals surface area contributed by atoms with Crippen LogP contribution in [0.15, 0.2) is 23.1 Å². The number of hydrogen-bond donors (Lipinski definition) is 1. The molecular weight excluding hydrogens is 287 g/mol. The summed E-state index contributed by atoms with van der Waals surface area (Å²) in [7, 11) is -4.52. The van der Waals surface area contributed by atoms with Crippen LogP contribution in [-0.4, -0.2) is 18.1 Å². The molecule has 0 saturated heterocycles. The van der Waals surface area contributed by atoms with E-state index in [1.165, 1.54) is 37.5 Å². The summed E-state index contributed by atoms with van der Waals surface area (Å²) in [6.07, 6.45) is 6.84. The maximum atomic E-state index is 11.1. The third kappa shape index (κ3) is 6.59. The summed E-state index contributed by atoms with van der Waals surface area (Å²) in [5.41, 5.74) is 0.257. The minimum absolute atomic E-state index is 0. The van der Waals surface area contributed by atoms with Crippen LogP contribution in [0.5, 0.6) is 5.75 Å². The van der Waals surface area contributed by atoms with Crippen LogP contribution in [0.1, 0.15) is 51.0 Å². The number of phenolic OH excluding ortho intramolecular Hbond substituents is 1. The van der Waals surface area contributed by atoms with Gasteiger partial charge in [0, 0.05) is 5.56 Å². The number of aromatic hydroxyl groups is 1. The predicted molar refractivity (Wildman–Crippen MR) is 73.2 cm³/mol. The SMILES string of the molecule is CCCCCCCCc1c(O)cccc1S(=O)(=O)[O-].[Na+]. The molecule has 108 valence electrons.